The molecule has 0 fully saturated rings. The van der Waals surface area contributed by atoms with Crippen LogP contribution in [0.5, 0.6) is 5.75 Å². The second kappa shape index (κ2) is 8.11. The molecule has 0 radical (unpaired) electrons. The minimum atomic E-state index is -0.593. The summed E-state index contributed by atoms with van der Waals surface area (Å²) in [5.41, 5.74) is 0.979. The average molecular weight is 380 g/mol. The van der Waals surface area contributed by atoms with Crippen molar-refractivity contribution in [3.63, 3.8) is 0 Å². The number of amides is 1. The van der Waals surface area contributed by atoms with Crippen molar-refractivity contribution >= 4 is 21.8 Å². The molecule has 23 heavy (non-hydrogen) atoms. The Morgan fingerprint density at radius 2 is 1.91 bits per heavy atom. The van der Waals surface area contributed by atoms with Crippen LogP contribution in [0.3, 0.4) is 0 Å². The fourth-order valence-electron chi connectivity index (χ4n) is 2.10. The van der Waals surface area contributed by atoms with Crippen molar-refractivity contribution in [1.29, 1.82) is 0 Å². The number of carbonyl (C=O) groups is 1. The summed E-state index contributed by atoms with van der Waals surface area (Å²) in [6, 6.07) is 13.7. The molecule has 2 aromatic carbocycles. The summed E-state index contributed by atoms with van der Waals surface area (Å²) in [6.07, 6.45) is -0.593. The topological polar surface area (TPSA) is 38.3 Å². The van der Waals surface area contributed by atoms with Crippen LogP contribution in [0.1, 0.15) is 25.3 Å². The summed E-state index contributed by atoms with van der Waals surface area (Å²) >= 11 is 3.36. The summed E-state index contributed by atoms with van der Waals surface area (Å²) in [4.78, 5) is 12.1. The van der Waals surface area contributed by atoms with Crippen molar-refractivity contribution in [2.24, 2.45) is 0 Å². The molecule has 0 aliphatic carbocycles. The zero-order valence-corrected chi connectivity index (χ0v) is 14.6. The van der Waals surface area contributed by atoms with Crippen molar-refractivity contribution in [3.8, 4) is 5.75 Å². The lowest BCUT2D eigenvalue weighted by Crippen LogP contribution is -2.38. The number of rotatable bonds is 6. The maximum atomic E-state index is 12.9. The van der Waals surface area contributed by atoms with Gasteiger partial charge in [0.05, 0.1) is 0 Å². The predicted molar refractivity (Wildman–Crippen MR) is 92.1 cm³/mol. The van der Waals surface area contributed by atoms with Gasteiger partial charge in [0, 0.05) is 11.0 Å². The summed E-state index contributed by atoms with van der Waals surface area (Å²) in [7, 11) is 0. The minimum absolute atomic E-state index is 0.0950. The summed E-state index contributed by atoms with van der Waals surface area (Å²) < 4.78 is 19.4. The molecule has 2 rings (SSSR count). The molecule has 0 aliphatic rings. The Labute approximate surface area is 144 Å². The third-order valence-electron chi connectivity index (χ3n) is 3.50. The Morgan fingerprint density at radius 3 is 2.57 bits per heavy atom. The van der Waals surface area contributed by atoms with E-state index >= 15 is 0 Å². The Hall–Kier alpha value is -1.88. The molecule has 3 nitrogen and oxygen atoms in total. The first-order valence-corrected chi connectivity index (χ1v) is 8.20. The monoisotopic (exact) mass is 379 g/mol. The lowest BCUT2D eigenvalue weighted by Gasteiger charge is -2.17. The maximum Gasteiger partial charge on any atom is 0.260 e. The Kier molecular flexibility index (Phi) is 6.16. The van der Waals surface area contributed by atoms with Crippen molar-refractivity contribution < 1.29 is 13.9 Å². The third-order valence-corrected chi connectivity index (χ3v) is 3.99. The van der Waals surface area contributed by atoms with E-state index in [1.165, 1.54) is 12.1 Å². The lowest BCUT2D eigenvalue weighted by molar-refractivity contribution is -0.127. The number of hydrogen-bond acceptors (Lipinski definition) is 2. The van der Waals surface area contributed by atoms with Crippen molar-refractivity contribution in [2.75, 3.05) is 6.54 Å². The average Bonchev–Trinajstić information content (AvgIpc) is 2.53. The van der Waals surface area contributed by atoms with Gasteiger partial charge in [0.25, 0.3) is 5.91 Å². The Balaban J connectivity index is 1.85. The zero-order valence-electron chi connectivity index (χ0n) is 13.1. The highest BCUT2D eigenvalue weighted by atomic mass is 79.9. The predicted octanol–water partition coefficient (Wildman–Crippen LogP) is 4.28. The minimum Gasteiger partial charge on any atom is -0.481 e. The molecule has 1 amide bonds. The van der Waals surface area contributed by atoms with Crippen LogP contribution < -0.4 is 10.1 Å². The van der Waals surface area contributed by atoms with E-state index in [1.54, 1.807) is 25.1 Å². The smallest absolute Gasteiger partial charge is 0.260 e. The molecule has 122 valence electrons. The fourth-order valence-corrected chi connectivity index (χ4v) is 2.48. The second-order valence-corrected chi connectivity index (χ2v) is 6.33. The molecule has 0 aliphatic heterocycles. The van der Waals surface area contributed by atoms with Gasteiger partial charge in [-0.3, -0.25) is 4.79 Å². The molecular formula is C18H19BrFNO2. The first kappa shape index (κ1) is 17.5. The quantitative estimate of drug-likeness (QED) is 0.813. The van der Waals surface area contributed by atoms with Crippen molar-refractivity contribution in [3.05, 3.63) is 64.4 Å². The van der Waals surface area contributed by atoms with E-state index in [1.807, 2.05) is 25.1 Å². The van der Waals surface area contributed by atoms with Gasteiger partial charge in [-0.1, -0.05) is 41.1 Å². The first-order chi connectivity index (χ1) is 11.0. The number of carbonyl (C=O) groups excluding carboxylic acids is 1. The summed E-state index contributed by atoms with van der Waals surface area (Å²) in [5.74, 6) is 0.284. The normalized spacial score (nSPS) is 13.2. The standard InChI is InChI=1S/C18H19BrFNO2/c1-12(14-6-8-16(20)9-7-14)11-21-18(22)13(2)23-17-5-3-4-15(19)10-17/h3-10,12-13H,11H2,1-2H3,(H,21,22). The van der Waals surface area contributed by atoms with E-state index in [4.69, 9.17) is 4.74 Å². The van der Waals surface area contributed by atoms with Gasteiger partial charge in [-0.15, -0.1) is 0 Å². The van der Waals surface area contributed by atoms with Gasteiger partial charge in [-0.25, -0.2) is 4.39 Å². The van der Waals surface area contributed by atoms with Crippen LogP contribution in [0.2, 0.25) is 0 Å². The van der Waals surface area contributed by atoms with Gasteiger partial charge >= 0.3 is 0 Å². The molecule has 5 heteroatoms. The van der Waals surface area contributed by atoms with E-state index in [9.17, 15) is 9.18 Å². The molecule has 2 atom stereocenters. The number of ether oxygens (including phenoxy) is 1. The lowest BCUT2D eigenvalue weighted by atomic mass is 10.0. The van der Waals surface area contributed by atoms with Crippen LogP contribution >= 0.6 is 15.9 Å². The SMILES string of the molecule is CC(Oc1cccc(Br)c1)C(=O)NCC(C)c1ccc(F)cc1. The molecule has 2 aromatic rings. The number of benzene rings is 2. The third kappa shape index (κ3) is 5.36. The van der Waals surface area contributed by atoms with E-state index < -0.39 is 6.10 Å². The number of halogens is 2. The highest BCUT2D eigenvalue weighted by molar-refractivity contribution is 9.10. The van der Waals surface area contributed by atoms with Crippen LogP contribution in [0, 0.1) is 5.82 Å². The van der Waals surface area contributed by atoms with Crippen LogP contribution in [0.25, 0.3) is 0 Å². The largest absolute Gasteiger partial charge is 0.481 e. The summed E-state index contributed by atoms with van der Waals surface area (Å²) in [5, 5.41) is 2.86. The highest BCUT2D eigenvalue weighted by Crippen LogP contribution is 2.19. The molecule has 0 spiro atoms. The molecule has 0 saturated carbocycles. The van der Waals surface area contributed by atoms with E-state index in [-0.39, 0.29) is 17.6 Å². The molecule has 0 bridgehead atoms. The number of hydrogen-bond donors (Lipinski definition) is 1. The highest BCUT2D eigenvalue weighted by Gasteiger charge is 2.16. The molecule has 0 heterocycles. The van der Waals surface area contributed by atoms with Gasteiger partial charge in [0.15, 0.2) is 6.10 Å². The maximum absolute atomic E-state index is 12.9. The van der Waals surface area contributed by atoms with Crippen LogP contribution in [0.4, 0.5) is 4.39 Å². The molecular weight excluding hydrogens is 361 g/mol. The molecule has 0 saturated heterocycles. The Morgan fingerprint density at radius 1 is 1.22 bits per heavy atom. The Bertz CT molecular complexity index is 660. The molecule has 2 unspecified atom stereocenters. The van der Waals surface area contributed by atoms with E-state index in [0.717, 1.165) is 10.0 Å². The van der Waals surface area contributed by atoms with Crippen LogP contribution in [-0.2, 0) is 4.79 Å². The van der Waals surface area contributed by atoms with E-state index in [2.05, 4.69) is 21.2 Å². The van der Waals surface area contributed by atoms with Crippen LogP contribution in [0.15, 0.2) is 53.0 Å². The van der Waals surface area contributed by atoms with Crippen LogP contribution in [-0.4, -0.2) is 18.6 Å². The van der Waals surface area contributed by atoms with Gasteiger partial charge in [-0.2, -0.15) is 0 Å². The van der Waals surface area contributed by atoms with Gasteiger partial charge in [0.1, 0.15) is 11.6 Å². The van der Waals surface area contributed by atoms with Gasteiger partial charge < -0.3 is 10.1 Å². The molecule has 1 N–H and O–H groups in total. The fraction of sp³-hybridized carbons (Fsp3) is 0.278. The summed E-state index contributed by atoms with van der Waals surface area (Å²) in [6.45, 7) is 4.16. The van der Waals surface area contributed by atoms with E-state index in [0.29, 0.717) is 12.3 Å². The van der Waals surface area contributed by atoms with Crippen molar-refractivity contribution in [2.45, 2.75) is 25.9 Å². The number of nitrogens with one attached hydrogen (secondary N) is 1. The van der Waals surface area contributed by atoms with Gasteiger partial charge in [-0.05, 0) is 48.7 Å². The first-order valence-electron chi connectivity index (χ1n) is 7.41. The van der Waals surface area contributed by atoms with Gasteiger partial charge in [0.2, 0.25) is 0 Å². The molecule has 0 aromatic heterocycles. The second-order valence-electron chi connectivity index (χ2n) is 5.42. The van der Waals surface area contributed by atoms with Crippen molar-refractivity contribution in [1.82, 2.24) is 5.32 Å². The zero-order chi connectivity index (χ0) is 16.8.